The van der Waals surface area contributed by atoms with E-state index in [9.17, 15) is 0 Å². The van der Waals surface area contributed by atoms with Gasteiger partial charge in [-0.05, 0) is 77.5 Å². The number of nitrogens with zero attached hydrogens (tertiary/aromatic N) is 2. The van der Waals surface area contributed by atoms with Crippen LogP contribution in [0.5, 0.6) is 0 Å². The summed E-state index contributed by atoms with van der Waals surface area (Å²) in [6.45, 7) is 14.5. The normalized spacial score (nSPS) is 21.1. The molecule has 0 saturated carbocycles. The fourth-order valence-corrected chi connectivity index (χ4v) is 2.90. The van der Waals surface area contributed by atoms with E-state index in [4.69, 9.17) is 5.26 Å². The number of hydrogen-bond donors (Lipinski definition) is 1. The summed E-state index contributed by atoms with van der Waals surface area (Å²) in [5.74, 6) is 1.55. The highest BCUT2D eigenvalue weighted by atomic mass is 15.1. The van der Waals surface area contributed by atoms with Gasteiger partial charge in [0.25, 0.3) is 0 Å². The van der Waals surface area contributed by atoms with Crippen LogP contribution < -0.4 is 5.32 Å². The molecule has 0 amide bonds. The van der Waals surface area contributed by atoms with Crippen molar-refractivity contribution in [1.82, 2.24) is 10.2 Å². The third-order valence-corrected chi connectivity index (χ3v) is 4.17. The fraction of sp³-hybridized carbons (Fsp3) is 0.941. The molecule has 1 heterocycles. The Bertz CT molecular complexity index is 304. The summed E-state index contributed by atoms with van der Waals surface area (Å²) in [4.78, 5) is 2.60. The maximum Gasteiger partial charge on any atom is 0.0683 e. The average molecular weight is 279 g/mol. The lowest BCUT2D eigenvalue weighted by Gasteiger charge is -2.33. The number of rotatable bonds is 8. The number of piperidine rings is 1. The molecule has 0 aromatic carbocycles. The molecule has 1 N–H and O–H groups in total. The van der Waals surface area contributed by atoms with Crippen molar-refractivity contribution in [2.45, 2.75) is 53.4 Å². The van der Waals surface area contributed by atoms with Gasteiger partial charge in [0.05, 0.1) is 11.5 Å². The molecule has 0 radical (unpaired) electrons. The van der Waals surface area contributed by atoms with E-state index in [2.05, 4.69) is 30.1 Å². The molecule has 3 nitrogen and oxygen atoms in total. The van der Waals surface area contributed by atoms with Crippen LogP contribution in [0.15, 0.2) is 0 Å². The van der Waals surface area contributed by atoms with E-state index in [1.54, 1.807) is 0 Å². The fourth-order valence-electron chi connectivity index (χ4n) is 2.90. The number of nitriles is 1. The van der Waals surface area contributed by atoms with E-state index in [0.717, 1.165) is 37.8 Å². The molecule has 0 spiro atoms. The smallest absolute Gasteiger partial charge is 0.0683 e. The van der Waals surface area contributed by atoms with Gasteiger partial charge in [0.2, 0.25) is 0 Å². The molecule has 0 aromatic heterocycles. The molecule has 1 aliphatic rings. The van der Waals surface area contributed by atoms with Crippen LogP contribution in [0.1, 0.15) is 53.4 Å². The zero-order chi connectivity index (χ0) is 15.0. The summed E-state index contributed by atoms with van der Waals surface area (Å²) < 4.78 is 0. The van der Waals surface area contributed by atoms with Gasteiger partial charge in [-0.2, -0.15) is 5.26 Å². The molecular weight excluding hydrogens is 246 g/mol. The number of nitrogens with one attached hydrogen (secondary N) is 1. The Kier molecular flexibility index (Phi) is 7.55. The zero-order valence-electron chi connectivity index (χ0n) is 13.9. The van der Waals surface area contributed by atoms with Gasteiger partial charge in [0, 0.05) is 6.54 Å². The summed E-state index contributed by atoms with van der Waals surface area (Å²) in [5.41, 5.74) is -0.159. The largest absolute Gasteiger partial charge is 0.316 e. The summed E-state index contributed by atoms with van der Waals surface area (Å²) in [6.07, 6.45) is 4.85. The zero-order valence-corrected chi connectivity index (χ0v) is 13.9. The van der Waals surface area contributed by atoms with Gasteiger partial charge >= 0.3 is 0 Å². The highest BCUT2D eigenvalue weighted by Crippen LogP contribution is 2.22. The molecule has 116 valence electrons. The first-order valence-electron chi connectivity index (χ1n) is 8.27. The molecule has 1 saturated heterocycles. The SMILES string of the molecule is CC(C)CNCC1CCCN(CCCC(C)(C)C#N)C1. The van der Waals surface area contributed by atoms with Crippen molar-refractivity contribution in [1.29, 1.82) is 5.26 Å². The van der Waals surface area contributed by atoms with Crippen LogP contribution in [-0.2, 0) is 0 Å². The second-order valence-corrected chi connectivity index (χ2v) is 7.46. The standard InChI is InChI=1S/C17H33N3/c1-15(2)11-19-12-16-7-5-9-20(13-16)10-6-8-17(3,4)14-18/h15-16,19H,5-13H2,1-4H3. The van der Waals surface area contributed by atoms with Crippen molar-refractivity contribution in [3.05, 3.63) is 0 Å². The third-order valence-electron chi connectivity index (χ3n) is 4.17. The van der Waals surface area contributed by atoms with Crippen molar-refractivity contribution in [2.75, 3.05) is 32.7 Å². The van der Waals surface area contributed by atoms with Crippen molar-refractivity contribution >= 4 is 0 Å². The van der Waals surface area contributed by atoms with Crippen LogP contribution in [0.2, 0.25) is 0 Å². The molecule has 0 bridgehead atoms. The highest BCUT2D eigenvalue weighted by molar-refractivity contribution is 4.91. The minimum atomic E-state index is -0.159. The van der Waals surface area contributed by atoms with Gasteiger partial charge in [0.15, 0.2) is 0 Å². The maximum absolute atomic E-state index is 9.04. The maximum atomic E-state index is 9.04. The van der Waals surface area contributed by atoms with E-state index < -0.39 is 0 Å². The third kappa shape index (κ3) is 7.26. The molecular formula is C17H33N3. The summed E-state index contributed by atoms with van der Waals surface area (Å²) in [7, 11) is 0. The Labute approximate surface area is 125 Å². The van der Waals surface area contributed by atoms with Crippen molar-refractivity contribution in [3.63, 3.8) is 0 Å². The lowest BCUT2D eigenvalue weighted by Crippen LogP contribution is -2.40. The van der Waals surface area contributed by atoms with Crippen LogP contribution in [0.25, 0.3) is 0 Å². The molecule has 1 atom stereocenters. The van der Waals surface area contributed by atoms with E-state index in [1.807, 2.05) is 13.8 Å². The van der Waals surface area contributed by atoms with E-state index in [1.165, 1.54) is 32.5 Å². The lowest BCUT2D eigenvalue weighted by molar-refractivity contribution is 0.165. The second-order valence-electron chi connectivity index (χ2n) is 7.46. The van der Waals surface area contributed by atoms with Crippen LogP contribution in [0.3, 0.4) is 0 Å². The molecule has 0 aromatic rings. The van der Waals surface area contributed by atoms with Crippen molar-refractivity contribution in [3.8, 4) is 6.07 Å². The first kappa shape index (κ1) is 17.5. The Morgan fingerprint density at radius 3 is 2.80 bits per heavy atom. The van der Waals surface area contributed by atoms with Gasteiger partial charge in [-0.1, -0.05) is 13.8 Å². The van der Waals surface area contributed by atoms with Crippen LogP contribution in [0, 0.1) is 28.6 Å². The van der Waals surface area contributed by atoms with Gasteiger partial charge in [-0.25, -0.2) is 0 Å². The van der Waals surface area contributed by atoms with Gasteiger partial charge in [-0.3, -0.25) is 0 Å². The molecule has 1 unspecified atom stereocenters. The molecule has 3 heteroatoms. The van der Waals surface area contributed by atoms with Crippen molar-refractivity contribution in [2.24, 2.45) is 17.3 Å². The number of likely N-dealkylation sites (tertiary alicyclic amines) is 1. The monoisotopic (exact) mass is 279 g/mol. The molecule has 1 rings (SSSR count). The summed E-state index contributed by atoms with van der Waals surface area (Å²) in [6, 6.07) is 2.40. The Morgan fingerprint density at radius 2 is 2.15 bits per heavy atom. The van der Waals surface area contributed by atoms with E-state index >= 15 is 0 Å². The minimum Gasteiger partial charge on any atom is -0.316 e. The first-order valence-corrected chi connectivity index (χ1v) is 8.27. The van der Waals surface area contributed by atoms with Gasteiger partial charge < -0.3 is 10.2 Å². The van der Waals surface area contributed by atoms with Crippen LogP contribution in [-0.4, -0.2) is 37.6 Å². The quantitative estimate of drug-likeness (QED) is 0.741. The Balaban J connectivity index is 2.19. The predicted molar refractivity (Wildman–Crippen MR) is 85.5 cm³/mol. The lowest BCUT2D eigenvalue weighted by atomic mass is 9.89. The Hall–Kier alpha value is -0.590. The second kappa shape index (κ2) is 8.64. The van der Waals surface area contributed by atoms with E-state index in [-0.39, 0.29) is 5.41 Å². The van der Waals surface area contributed by atoms with Gasteiger partial charge in [0.1, 0.15) is 0 Å². The molecule has 0 aliphatic carbocycles. The van der Waals surface area contributed by atoms with E-state index in [0.29, 0.717) is 0 Å². The van der Waals surface area contributed by atoms with Crippen LogP contribution in [0.4, 0.5) is 0 Å². The summed E-state index contributed by atoms with van der Waals surface area (Å²) >= 11 is 0. The molecule has 20 heavy (non-hydrogen) atoms. The Morgan fingerprint density at radius 1 is 1.40 bits per heavy atom. The van der Waals surface area contributed by atoms with Crippen molar-refractivity contribution < 1.29 is 0 Å². The predicted octanol–water partition coefficient (Wildman–Crippen LogP) is 3.27. The minimum absolute atomic E-state index is 0.159. The topological polar surface area (TPSA) is 39.1 Å². The molecule has 1 fully saturated rings. The van der Waals surface area contributed by atoms with Gasteiger partial charge in [-0.15, -0.1) is 0 Å². The average Bonchev–Trinajstić information content (AvgIpc) is 2.39. The molecule has 1 aliphatic heterocycles. The first-order chi connectivity index (χ1) is 9.43. The highest BCUT2D eigenvalue weighted by Gasteiger charge is 2.21. The number of hydrogen-bond acceptors (Lipinski definition) is 3. The summed E-state index contributed by atoms with van der Waals surface area (Å²) in [5, 5.41) is 12.6. The van der Waals surface area contributed by atoms with Crippen LogP contribution >= 0.6 is 0 Å².